The molecule has 1 aromatic rings. The van der Waals surface area contributed by atoms with Crippen molar-refractivity contribution in [3.8, 4) is 5.75 Å². The van der Waals surface area contributed by atoms with Gasteiger partial charge in [-0.2, -0.15) is 0 Å². The summed E-state index contributed by atoms with van der Waals surface area (Å²) in [5.74, 6) is -0.225. The summed E-state index contributed by atoms with van der Waals surface area (Å²) in [6.07, 6.45) is 1.68. The van der Waals surface area contributed by atoms with E-state index in [1.54, 1.807) is 9.80 Å². The minimum atomic E-state index is -0.554. The van der Waals surface area contributed by atoms with Gasteiger partial charge >= 0.3 is 0 Å². The molecule has 1 aromatic carbocycles. The average Bonchev–Trinajstić information content (AvgIpc) is 2.59. The smallest absolute Gasteiger partial charge is 0.246 e. The maximum atomic E-state index is 13.0. The molecule has 3 fully saturated rings. The third kappa shape index (κ3) is 2.84. The number of hydrogen-bond donors (Lipinski definition) is 2. The lowest BCUT2D eigenvalue weighted by molar-refractivity contribution is -0.164. The second-order valence-electron chi connectivity index (χ2n) is 7.36. The molecule has 2 amide bonds. The van der Waals surface area contributed by atoms with Crippen LogP contribution >= 0.6 is 23.2 Å². The van der Waals surface area contributed by atoms with Gasteiger partial charge in [0.15, 0.2) is 0 Å². The molecule has 140 valence electrons. The normalized spacial score (nSPS) is 31.7. The summed E-state index contributed by atoms with van der Waals surface area (Å²) in [6, 6.07) is 2.43. The molecule has 0 radical (unpaired) electrons. The first-order valence-electron chi connectivity index (χ1n) is 8.81. The van der Waals surface area contributed by atoms with Crippen LogP contribution in [-0.2, 0) is 9.59 Å². The van der Waals surface area contributed by atoms with Crippen LogP contribution in [0.4, 0.5) is 0 Å². The number of amides is 2. The van der Waals surface area contributed by atoms with Crippen LogP contribution in [0.5, 0.6) is 5.75 Å². The van der Waals surface area contributed by atoms with Gasteiger partial charge < -0.3 is 20.0 Å². The van der Waals surface area contributed by atoms with Crippen LogP contribution in [0.3, 0.4) is 0 Å². The van der Waals surface area contributed by atoms with Crippen molar-refractivity contribution in [2.75, 3.05) is 13.1 Å². The Labute approximate surface area is 161 Å². The molecule has 0 spiro atoms. The first-order chi connectivity index (χ1) is 12.4. The SMILES string of the molecule is O=C1CN([C@H]2C[C@H](O)C2)C(=O)[C@H]2C[C@@H](c3c(O)ccc(Cl)c3Cl)CCN12. The largest absolute Gasteiger partial charge is 0.508 e. The summed E-state index contributed by atoms with van der Waals surface area (Å²) in [5, 5.41) is 20.4. The van der Waals surface area contributed by atoms with Gasteiger partial charge in [0.2, 0.25) is 11.8 Å². The number of phenolic OH excluding ortho intramolecular Hbond substituents is 1. The monoisotopic (exact) mass is 398 g/mol. The predicted octanol–water partition coefficient (Wildman–Crippen LogP) is 2.14. The Bertz CT molecular complexity index is 766. The number of carbonyl (C=O) groups is 2. The molecular formula is C18H20Cl2N2O4. The van der Waals surface area contributed by atoms with Crippen molar-refractivity contribution in [1.82, 2.24) is 9.80 Å². The number of phenols is 1. The highest BCUT2D eigenvalue weighted by Crippen LogP contribution is 2.44. The molecule has 1 saturated carbocycles. The Hall–Kier alpha value is -1.50. The molecule has 2 N–H and O–H groups in total. The van der Waals surface area contributed by atoms with E-state index >= 15 is 0 Å². The summed E-state index contributed by atoms with van der Waals surface area (Å²) in [4.78, 5) is 28.8. The lowest BCUT2D eigenvalue weighted by Gasteiger charge is -2.49. The lowest BCUT2D eigenvalue weighted by atomic mass is 9.81. The Morgan fingerprint density at radius 1 is 1.08 bits per heavy atom. The summed E-state index contributed by atoms with van der Waals surface area (Å²) >= 11 is 12.4. The van der Waals surface area contributed by atoms with E-state index in [0.29, 0.717) is 47.8 Å². The van der Waals surface area contributed by atoms with Gasteiger partial charge in [-0.1, -0.05) is 23.2 Å². The highest BCUT2D eigenvalue weighted by molar-refractivity contribution is 6.42. The van der Waals surface area contributed by atoms with E-state index in [9.17, 15) is 19.8 Å². The highest BCUT2D eigenvalue weighted by Gasteiger charge is 2.47. The number of piperazine rings is 1. The van der Waals surface area contributed by atoms with Crippen LogP contribution in [0, 0.1) is 0 Å². The van der Waals surface area contributed by atoms with Gasteiger partial charge in [-0.15, -0.1) is 0 Å². The summed E-state index contributed by atoms with van der Waals surface area (Å²) in [5.41, 5.74) is 0.551. The zero-order chi connectivity index (χ0) is 18.6. The van der Waals surface area contributed by atoms with Gasteiger partial charge in [-0.3, -0.25) is 9.59 Å². The number of fused-ring (bicyclic) bond motifs is 1. The number of aromatic hydroxyl groups is 1. The first-order valence-corrected chi connectivity index (χ1v) is 9.57. The van der Waals surface area contributed by atoms with Gasteiger partial charge in [0, 0.05) is 18.2 Å². The van der Waals surface area contributed by atoms with E-state index in [0.717, 1.165) is 0 Å². The standard InChI is InChI=1S/C18H20Cl2N2O4/c19-12-1-2-14(24)16(17(12)20)9-3-4-21-13(5-9)18(26)22(8-15(21)25)10-6-11(23)7-10/h1-2,9-11,13,23-24H,3-8H2/t9-,10-,11-,13+/m0/s1. The van der Waals surface area contributed by atoms with E-state index in [1.165, 1.54) is 12.1 Å². The Kier molecular flexibility index (Phi) is 4.53. The molecular weight excluding hydrogens is 379 g/mol. The number of aliphatic hydroxyl groups is 1. The molecule has 0 unspecified atom stereocenters. The topological polar surface area (TPSA) is 81.1 Å². The van der Waals surface area contributed by atoms with Crippen molar-refractivity contribution in [3.63, 3.8) is 0 Å². The number of nitrogens with zero attached hydrogens (tertiary/aromatic N) is 2. The van der Waals surface area contributed by atoms with Crippen molar-refractivity contribution in [2.45, 2.75) is 49.8 Å². The van der Waals surface area contributed by atoms with Crippen LogP contribution in [0.15, 0.2) is 12.1 Å². The third-order valence-corrected chi connectivity index (χ3v) is 6.66. The fraction of sp³-hybridized carbons (Fsp3) is 0.556. The molecule has 2 atom stereocenters. The molecule has 2 heterocycles. The molecule has 1 aliphatic carbocycles. The van der Waals surface area contributed by atoms with Crippen LogP contribution in [0.1, 0.15) is 37.2 Å². The number of piperidine rings is 1. The number of aliphatic hydroxyl groups excluding tert-OH is 1. The zero-order valence-electron chi connectivity index (χ0n) is 14.1. The molecule has 26 heavy (non-hydrogen) atoms. The third-order valence-electron chi connectivity index (χ3n) is 5.84. The molecule has 3 aliphatic rings. The Morgan fingerprint density at radius 3 is 2.50 bits per heavy atom. The fourth-order valence-corrected chi connectivity index (χ4v) is 4.81. The summed E-state index contributed by atoms with van der Waals surface area (Å²) in [7, 11) is 0. The second-order valence-corrected chi connectivity index (χ2v) is 8.15. The van der Waals surface area contributed by atoms with E-state index in [1.807, 2.05) is 0 Å². The van der Waals surface area contributed by atoms with Crippen LogP contribution in [-0.4, -0.2) is 63.1 Å². The van der Waals surface area contributed by atoms with Gasteiger partial charge in [0.05, 0.1) is 16.1 Å². The van der Waals surface area contributed by atoms with Crippen LogP contribution in [0.25, 0.3) is 0 Å². The van der Waals surface area contributed by atoms with Crippen LogP contribution in [0.2, 0.25) is 10.0 Å². The van der Waals surface area contributed by atoms with Gasteiger partial charge in [-0.05, 0) is 43.7 Å². The number of carbonyl (C=O) groups excluding carboxylic acids is 2. The fourth-order valence-electron chi connectivity index (χ4n) is 4.33. The van der Waals surface area contributed by atoms with Crippen molar-refractivity contribution in [1.29, 1.82) is 0 Å². The van der Waals surface area contributed by atoms with Gasteiger partial charge in [0.1, 0.15) is 18.3 Å². The molecule has 0 aromatic heterocycles. The van der Waals surface area contributed by atoms with Crippen molar-refractivity contribution in [3.05, 3.63) is 27.7 Å². The van der Waals surface area contributed by atoms with Crippen LogP contribution < -0.4 is 0 Å². The van der Waals surface area contributed by atoms with E-state index in [-0.39, 0.29) is 42.2 Å². The first kappa shape index (κ1) is 17.9. The van der Waals surface area contributed by atoms with Gasteiger partial charge in [-0.25, -0.2) is 0 Å². The summed E-state index contributed by atoms with van der Waals surface area (Å²) < 4.78 is 0. The number of halogens is 2. The van der Waals surface area contributed by atoms with Crippen molar-refractivity contribution >= 4 is 35.0 Å². The minimum Gasteiger partial charge on any atom is -0.508 e. The molecule has 2 aliphatic heterocycles. The molecule has 2 saturated heterocycles. The maximum absolute atomic E-state index is 13.0. The molecule has 4 rings (SSSR count). The molecule has 6 nitrogen and oxygen atoms in total. The van der Waals surface area contributed by atoms with E-state index in [2.05, 4.69) is 0 Å². The number of rotatable bonds is 2. The molecule has 0 bridgehead atoms. The minimum absolute atomic E-state index is 0.0594. The highest BCUT2D eigenvalue weighted by atomic mass is 35.5. The maximum Gasteiger partial charge on any atom is 0.246 e. The van der Waals surface area contributed by atoms with Crippen molar-refractivity contribution in [2.24, 2.45) is 0 Å². The zero-order valence-corrected chi connectivity index (χ0v) is 15.6. The lowest BCUT2D eigenvalue weighted by Crippen LogP contribution is -2.65. The Balaban J connectivity index is 1.59. The van der Waals surface area contributed by atoms with E-state index in [4.69, 9.17) is 23.2 Å². The average molecular weight is 399 g/mol. The molecule has 8 heteroatoms. The van der Waals surface area contributed by atoms with Gasteiger partial charge in [0.25, 0.3) is 0 Å². The quantitative estimate of drug-likeness (QED) is 0.799. The summed E-state index contributed by atoms with van der Waals surface area (Å²) in [6.45, 7) is 0.532. The predicted molar refractivity (Wildman–Crippen MR) is 96.3 cm³/mol. The second kappa shape index (κ2) is 6.59. The number of benzene rings is 1. The van der Waals surface area contributed by atoms with E-state index < -0.39 is 6.04 Å². The number of hydrogen-bond acceptors (Lipinski definition) is 4. The Morgan fingerprint density at radius 2 is 1.81 bits per heavy atom. The van der Waals surface area contributed by atoms with Crippen molar-refractivity contribution < 1.29 is 19.8 Å².